The summed E-state index contributed by atoms with van der Waals surface area (Å²) >= 11 is 4.91. The Hall–Kier alpha value is -1.15. The van der Waals surface area contributed by atoms with Gasteiger partial charge in [-0.2, -0.15) is 4.37 Å². The van der Waals surface area contributed by atoms with Crippen LogP contribution in [0.15, 0.2) is 4.47 Å². The lowest BCUT2D eigenvalue weighted by atomic mass is 10.2. The highest BCUT2D eigenvalue weighted by molar-refractivity contribution is 9.10. The third-order valence-corrected chi connectivity index (χ3v) is 5.04. The first-order valence-corrected chi connectivity index (χ1v) is 7.70. The van der Waals surface area contributed by atoms with Gasteiger partial charge in [0.1, 0.15) is 5.82 Å². The van der Waals surface area contributed by atoms with Crippen LogP contribution < -0.4 is 10.1 Å². The summed E-state index contributed by atoms with van der Waals surface area (Å²) in [6, 6.07) is 0. The number of hydrogen-bond donors (Lipinski definition) is 1. The van der Waals surface area contributed by atoms with Gasteiger partial charge in [0.25, 0.3) is 0 Å². The molecule has 2 aromatic rings. The minimum absolute atomic E-state index is 0.630. The lowest BCUT2D eigenvalue weighted by Crippen LogP contribution is -2.13. The molecule has 1 aliphatic heterocycles. The molecule has 0 radical (unpaired) electrons. The zero-order chi connectivity index (χ0) is 13.2. The molecule has 0 atom stereocenters. The molecule has 0 saturated heterocycles. The normalized spacial score (nSPS) is 14.2. The molecular formula is C11H14BrN5OS. The summed E-state index contributed by atoms with van der Waals surface area (Å²) in [5, 5.41) is 11.7. The van der Waals surface area contributed by atoms with E-state index >= 15 is 0 Å². The Morgan fingerprint density at radius 3 is 3.11 bits per heavy atom. The second kappa shape index (κ2) is 5.46. The molecule has 1 N–H and O–H groups in total. The molecule has 6 nitrogen and oxygen atoms in total. The Labute approximate surface area is 123 Å². The predicted molar refractivity (Wildman–Crippen MR) is 76.7 cm³/mol. The van der Waals surface area contributed by atoms with Gasteiger partial charge in [-0.1, -0.05) is 0 Å². The molecule has 2 aromatic heterocycles. The molecule has 0 fully saturated rings. The van der Waals surface area contributed by atoms with Crippen LogP contribution in [0.5, 0.6) is 5.88 Å². The van der Waals surface area contributed by atoms with Crippen molar-refractivity contribution >= 4 is 33.4 Å². The van der Waals surface area contributed by atoms with Crippen LogP contribution in [-0.2, 0) is 19.5 Å². The first-order chi connectivity index (χ1) is 9.29. The van der Waals surface area contributed by atoms with Crippen LogP contribution >= 0.6 is 27.5 Å². The first kappa shape index (κ1) is 12.9. The standard InChI is InChI=1S/C11H14BrN5OS/c1-18-10-9(12)7(19-16-10)6-13-11-15-14-8-4-2-3-5-17(8)11/h2-6H2,1H3,(H,13,15). The van der Waals surface area contributed by atoms with Gasteiger partial charge in [-0.15, -0.1) is 10.2 Å². The van der Waals surface area contributed by atoms with E-state index < -0.39 is 0 Å². The molecule has 19 heavy (non-hydrogen) atoms. The van der Waals surface area contributed by atoms with E-state index in [1.54, 1.807) is 7.11 Å². The van der Waals surface area contributed by atoms with Crippen molar-refractivity contribution in [2.24, 2.45) is 0 Å². The molecule has 0 unspecified atom stereocenters. The molecule has 0 spiro atoms. The Bertz CT molecular complexity index is 582. The van der Waals surface area contributed by atoms with Crippen LogP contribution in [-0.4, -0.2) is 26.2 Å². The number of nitrogens with one attached hydrogen (secondary N) is 1. The van der Waals surface area contributed by atoms with Crippen LogP contribution in [0.4, 0.5) is 5.95 Å². The maximum atomic E-state index is 5.14. The van der Waals surface area contributed by atoms with Gasteiger partial charge in [-0.3, -0.25) is 4.57 Å². The second-order valence-corrected chi connectivity index (χ2v) is 5.98. The minimum atomic E-state index is 0.630. The summed E-state index contributed by atoms with van der Waals surface area (Å²) in [7, 11) is 1.62. The zero-order valence-electron chi connectivity index (χ0n) is 10.5. The molecule has 0 aromatic carbocycles. The van der Waals surface area contributed by atoms with Crippen molar-refractivity contribution in [2.75, 3.05) is 12.4 Å². The molecule has 1 aliphatic rings. The molecule has 0 aliphatic carbocycles. The monoisotopic (exact) mass is 343 g/mol. The van der Waals surface area contributed by atoms with Gasteiger partial charge < -0.3 is 10.1 Å². The number of fused-ring (bicyclic) bond motifs is 1. The number of aromatic nitrogens is 4. The highest BCUT2D eigenvalue weighted by Gasteiger charge is 2.17. The van der Waals surface area contributed by atoms with Crippen LogP contribution in [0.25, 0.3) is 0 Å². The fourth-order valence-corrected chi connectivity index (χ4v) is 3.52. The van der Waals surface area contributed by atoms with Gasteiger partial charge in [0.05, 0.1) is 23.0 Å². The number of rotatable bonds is 4. The number of aryl methyl sites for hydroxylation is 1. The number of ether oxygens (including phenoxy) is 1. The lowest BCUT2D eigenvalue weighted by Gasteiger charge is -2.14. The topological polar surface area (TPSA) is 64.9 Å². The van der Waals surface area contributed by atoms with Crippen LogP contribution in [0.3, 0.4) is 0 Å². The molecule has 0 saturated carbocycles. The van der Waals surface area contributed by atoms with E-state index in [0.29, 0.717) is 12.4 Å². The van der Waals surface area contributed by atoms with E-state index in [1.165, 1.54) is 24.4 Å². The van der Waals surface area contributed by atoms with Gasteiger partial charge >= 0.3 is 0 Å². The van der Waals surface area contributed by atoms with Gasteiger partial charge in [-0.05, 0) is 40.3 Å². The Balaban J connectivity index is 1.72. The average Bonchev–Trinajstić information content (AvgIpc) is 3.00. The zero-order valence-corrected chi connectivity index (χ0v) is 12.9. The molecule has 8 heteroatoms. The van der Waals surface area contributed by atoms with E-state index in [2.05, 4.69) is 40.4 Å². The summed E-state index contributed by atoms with van der Waals surface area (Å²) < 4.78 is 12.4. The Morgan fingerprint density at radius 2 is 2.32 bits per heavy atom. The van der Waals surface area contributed by atoms with Crippen molar-refractivity contribution < 1.29 is 4.74 Å². The van der Waals surface area contributed by atoms with Crippen molar-refractivity contribution in [3.63, 3.8) is 0 Å². The first-order valence-electron chi connectivity index (χ1n) is 6.13. The van der Waals surface area contributed by atoms with E-state index in [1.807, 2.05) is 0 Å². The van der Waals surface area contributed by atoms with Gasteiger partial charge in [-0.25, -0.2) is 0 Å². The summed E-state index contributed by atoms with van der Waals surface area (Å²) in [4.78, 5) is 1.09. The Kier molecular flexibility index (Phi) is 3.69. The lowest BCUT2D eigenvalue weighted by molar-refractivity contribution is 0.400. The fraction of sp³-hybridized carbons (Fsp3) is 0.545. The van der Waals surface area contributed by atoms with E-state index in [9.17, 15) is 0 Å². The maximum absolute atomic E-state index is 5.14. The fourth-order valence-electron chi connectivity index (χ4n) is 2.13. The molecule has 3 rings (SSSR count). The quantitative estimate of drug-likeness (QED) is 0.923. The molecule has 3 heterocycles. The van der Waals surface area contributed by atoms with Crippen molar-refractivity contribution in [3.05, 3.63) is 15.2 Å². The van der Waals surface area contributed by atoms with Gasteiger partial charge in [0.2, 0.25) is 11.8 Å². The highest BCUT2D eigenvalue weighted by Crippen LogP contribution is 2.31. The largest absolute Gasteiger partial charge is 0.480 e. The van der Waals surface area contributed by atoms with Crippen LogP contribution in [0.2, 0.25) is 0 Å². The van der Waals surface area contributed by atoms with Gasteiger partial charge in [0.15, 0.2) is 0 Å². The van der Waals surface area contributed by atoms with E-state index in [4.69, 9.17) is 4.74 Å². The van der Waals surface area contributed by atoms with Crippen molar-refractivity contribution in [2.45, 2.75) is 32.4 Å². The Morgan fingerprint density at radius 1 is 1.42 bits per heavy atom. The number of anilines is 1. The minimum Gasteiger partial charge on any atom is -0.480 e. The van der Waals surface area contributed by atoms with E-state index in [0.717, 1.165) is 34.1 Å². The molecular weight excluding hydrogens is 330 g/mol. The summed E-state index contributed by atoms with van der Waals surface area (Å²) in [6.07, 6.45) is 3.42. The molecule has 0 bridgehead atoms. The number of hydrogen-bond acceptors (Lipinski definition) is 6. The molecule has 0 amide bonds. The average molecular weight is 344 g/mol. The predicted octanol–water partition coefficient (Wildman–Crippen LogP) is 2.45. The van der Waals surface area contributed by atoms with Crippen molar-refractivity contribution in [3.8, 4) is 5.88 Å². The third kappa shape index (κ3) is 2.46. The number of nitrogens with zero attached hydrogens (tertiary/aromatic N) is 4. The van der Waals surface area contributed by atoms with Crippen LogP contribution in [0, 0.1) is 0 Å². The number of methoxy groups -OCH3 is 1. The third-order valence-electron chi connectivity index (χ3n) is 3.13. The van der Waals surface area contributed by atoms with E-state index in [-0.39, 0.29) is 0 Å². The number of halogens is 1. The smallest absolute Gasteiger partial charge is 0.239 e. The van der Waals surface area contributed by atoms with Crippen molar-refractivity contribution in [1.29, 1.82) is 0 Å². The van der Waals surface area contributed by atoms with Gasteiger partial charge in [0, 0.05) is 13.0 Å². The highest BCUT2D eigenvalue weighted by atomic mass is 79.9. The second-order valence-electron chi connectivity index (χ2n) is 4.33. The van der Waals surface area contributed by atoms with Crippen molar-refractivity contribution in [1.82, 2.24) is 19.1 Å². The molecule has 102 valence electrons. The van der Waals surface area contributed by atoms with Crippen LogP contribution in [0.1, 0.15) is 23.5 Å². The summed E-state index contributed by atoms with van der Waals surface area (Å²) in [5.41, 5.74) is 0. The maximum Gasteiger partial charge on any atom is 0.239 e. The SMILES string of the molecule is COc1nsc(CNc2nnc3n2CCCC3)c1Br. The summed E-state index contributed by atoms with van der Waals surface area (Å²) in [6.45, 7) is 1.66. The summed E-state index contributed by atoms with van der Waals surface area (Å²) in [5.74, 6) is 2.55.